The fraction of sp³-hybridized carbons (Fsp3) is 0.174. The second-order valence-electron chi connectivity index (χ2n) is 7.05. The smallest absolute Gasteiger partial charge is 0.270 e. The highest BCUT2D eigenvalue weighted by molar-refractivity contribution is 5.90. The Kier molecular flexibility index (Phi) is 5.51. The number of aromatic nitrogens is 1. The van der Waals surface area contributed by atoms with Gasteiger partial charge < -0.3 is 9.47 Å². The lowest BCUT2D eigenvalue weighted by molar-refractivity contribution is -0.384. The number of non-ortho nitro benzene ring substituents is 1. The number of aryl methyl sites for hydroxylation is 1. The molecule has 0 fully saturated rings. The van der Waals surface area contributed by atoms with Crippen LogP contribution in [0.3, 0.4) is 0 Å². The van der Waals surface area contributed by atoms with Crippen LogP contribution in [0.4, 0.5) is 11.4 Å². The molecule has 2 aromatic carbocycles. The Morgan fingerprint density at radius 1 is 1.14 bits per heavy atom. The molecule has 0 aliphatic rings. The summed E-state index contributed by atoms with van der Waals surface area (Å²) in [7, 11) is 4.00. The summed E-state index contributed by atoms with van der Waals surface area (Å²) in [6.45, 7) is 4.02. The van der Waals surface area contributed by atoms with Crippen LogP contribution in [0.15, 0.2) is 54.6 Å². The van der Waals surface area contributed by atoms with Gasteiger partial charge in [-0.15, -0.1) is 0 Å². The van der Waals surface area contributed by atoms with E-state index in [1.807, 2.05) is 38.9 Å². The zero-order valence-corrected chi connectivity index (χ0v) is 16.9. The molecular formula is C23H22N4O2. The third kappa shape index (κ3) is 4.04. The zero-order chi connectivity index (χ0) is 21.1. The standard InChI is InChI=1S/C23H22N4O2/c1-16-12-19(13-20(15-24)18-6-5-7-23(14-18)27(28)29)17(2)26(16)22-10-8-21(9-11-22)25(3)4/h5-14H,1-4H3. The van der Waals surface area contributed by atoms with E-state index >= 15 is 0 Å². The van der Waals surface area contributed by atoms with Gasteiger partial charge in [0.2, 0.25) is 0 Å². The molecule has 1 heterocycles. The van der Waals surface area contributed by atoms with Gasteiger partial charge in [-0.1, -0.05) is 12.1 Å². The maximum absolute atomic E-state index is 11.0. The van der Waals surface area contributed by atoms with Crippen LogP contribution in [0.25, 0.3) is 17.3 Å². The number of hydrogen-bond donors (Lipinski definition) is 0. The molecule has 146 valence electrons. The molecule has 3 aromatic rings. The molecule has 0 aliphatic carbocycles. The van der Waals surface area contributed by atoms with Gasteiger partial charge >= 0.3 is 0 Å². The van der Waals surface area contributed by atoms with E-state index in [1.54, 1.807) is 18.2 Å². The lowest BCUT2D eigenvalue weighted by atomic mass is 10.0. The average Bonchev–Trinajstić information content (AvgIpc) is 2.99. The summed E-state index contributed by atoms with van der Waals surface area (Å²) in [5.74, 6) is 0. The van der Waals surface area contributed by atoms with Crippen LogP contribution in [-0.2, 0) is 0 Å². The van der Waals surface area contributed by atoms with Crippen molar-refractivity contribution in [2.45, 2.75) is 13.8 Å². The van der Waals surface area contributed by atoms with Crippen LogP contribution in [0, 0.1) is 35.3 Å². The highest BCUT2D eigenvalue weighted by Crippen LogP contribution is 2.27. The molecule has 1 aromatic heterocycles. The predicted molar refractivity (Wildman–Crippen MR) is 116 cm³/mol. The number of nitro groups is 1. The van der Waals surface area contributed by atoms with Crippen molar-refractivity contribution in [1.82, 2.24) is 4.57 Å². The molecule has 6 nitrogen and oxygen atoms in total. The summed E-state index contributed by atoms with van der Waals surface area (Å²) in [4.78, 5) is 12.6. The Hall–Kier alpha value is -3.85. The molecule has 0 amide bonds. The monoisotopic (exact) mass is 386 g/mol. The Balaban J connectivity index is 2.04. The van der Waals surface area contributed by atoms with Crippen molar-refractivity contribution in [2.24, 2.45) is 0 Å². The molecule has 0 bridgehead atoms. The number of nitro benzene ring substituents is 1. The van der Waals surface area contributed by atoms with E-state index in [-0.39, 0.29) is 5.69 Å². The SMILES string of the molecule is Cc1cc(C=C(C#N)c2cccc([N+](=O)[O-])c2)c(C)n1-c1ccc(N(C)C)cc1. The second-order valence-corrected chi connectivity index (χ2v) is 7.05. The van der Waals surface area contributed by atoms with Gasteiger partial charge in [-0.2, -0.15) is 5.26 Å². The summed E-state index contributed by atoms with van der Waals surface area (Å²) in [5, 5.41) is 20.7. The summed E-state index contributed by atoms with van der Waals surface area (Å²) in [6, 6.07) is 18.6. The Labute approximate surface area is 170 Å². The predicted octanol–water partition coefficient (Wildman–Crippen LogP) is 5.13. The van der Waals surface area contributed by atoms with Crippen molar-refractivity contribution in [1.29, 1.82) is 5.26 Å². The Bertz CT molecular complexity index is 1130. The number of hydrogen-bond acceptors (Lipinski definition) is 4. The van der Waals surface area contributed by atoms with Gasteiger partial charge in [0.25, 0.3) is 5.69 Å². The zero-order valence-electron chi connectivity index (χ0n) is 16.9. The normalized spacial score (nSPS) is 11.2. The second kappa shape index (κ2) is 8.03. The number of allylic oxidation sites excluding steroid dienone is 1. The topological polar surface area (TPSA) is 75.1 Å². The third-order valence-electron chi connectivity index (χ3n) is 4.88. The Morgan fingerprint density at radius 3 is 2.41 bits per heavy atom. The fourth-order valence-electron chi connectivity index (χ4n) is 3.35. The van der Waals surface area contributed by atoms with Gasteiger partial charge in [-0.25, -0.2) is 0 Å². The lowest BCUT2D eigenvalue weighted by Crippen LogP contribution is -2.08. The van der Waals surface area contributed by atoms with Crippen LogP contribution >= 0.6 is 0 Å². The minimum atomic E-state index is -0.457. The molecule has 0 radical (unpaired) electrons. The van der Waals surface area contributed by atoms with Gasteiger partial charge in [-0.05, 0) is 61.4 Å². The highest BCUT2D eigenvalue weighted by atomic mass is 16.6. The van der Waals surface area contributed by atoms with Crippen molar-refractivity contribution >= 4 is 23.0 Å². The number of anilines is 1. The van der Waals surface area contributed by atoms with E-state index in [9.17, 15) is 15.4 Å². The number of benzene rings is 2. The molecule has 0 spiro atoms. The van der Waals surface area contributed by atoms with Gasteiger partial charge in [-0.3, -0.25) is 10.1 Å². The third-order valence-corrected chi connectivity index (χ3v) is 4.88. The van der Waals surface area contributed by atoms with Gasteiger partial charge in [0.1, 0.15) is 0 Å². The molecule has 0 N–H and O–H groups in total. The van der Waals surface area contributed by atoms with Crippen LogP contribution in [0.1, 0.15) is 22.5 Å². The number of rotatable bonds is 5. The molecule has 3 rings (SSSR count). The van der Waals surface area contributed by atoms with Crippen molar-refractivity contribution in [3.63, 3.8) is 0 Å². The van der Waals surface area contributed by atoms with Crippen molar-refractivity contribution in [3.05, 3.63) is 87.2 Å². The maximum Gasteiger partial charge on any atom is 0.270 e. The molecule has 29 heavy (non-hydrogen) atoms. The molecule has 0 saturated carbocycles. The lowest BCUT2D eigenvalue weighted by Gasteiger charge is -2.15. The van der Waals surface area contributed by atoms with E-state index < -0.39 is 4.92 Å². The van der Waals surface area contributed by atoms with Gasteiger partial charge in [0, 0.05) is 49.0 Å². The van der Waals surface area contributed by atoms with Crippen LogP contribution < -0.4 is 4.90 Å². The molecular weight excluding hydrogens is 364 g/mol. The molecule has 0 unspecified atom stereocenters. The number of nitrogens with zero attached hydrogens (tertiary/aromatic N) is 4. The van der Waals surface area contributed by atoms with Crippen LogP contribution in [0.2, 0.25) is 0 Å². The van der Waals surface area contributed by atoms with Crippen molar-refractivity contribution in [2.75, 3.05) is 19.0 Å². The first-order valence-electron chi connectivity index (χ1n) is 9.15. The molecule has 0 aliphatic heterocycles. The summed E-state index contributed by atoms with van der Waals surface area (Å²) in [6.07, 6.45) is 1.78. The first kappa shape index (κ1) is 19.9. The molecule has 0 saturated heterocycles. The Morgan fingerprint density at radius 2 is 1.83 bits per heavy atom. The summed E-state index contributed by atoms with van der Waals surface area (Å²) in [5.41, 5.74) is 5.99. The van der Waals surface area contributed by atoms with E-state index in [4.69, 9.17) is 0 Å². The minimum Gasteiger partial charge on any atom is -0.378 e. The van der Waals surface area contributed by atoms with Crippen LogP contribution in [0.5, 0.6) is 0 Å². The largest absolute Gasteiger partial charge is 0.378 e. The summed E-state index contributed by atoms with van der Waals surface area (Å²) < 4.78 is 2.13. The van der Waals surface area contributed by atoms with E-state index in [0.717, 1.165) is 28.3 Å². The van der Waals surface area contributed by atoms with E-state index in [0.29, 0.717) is 11.1 Å². The fourth-order valence-corrected chi connectivity index (χ4v) is 3.35. The van der Waals surface area contributed by atoms with Gasteiger partial charge in [0.05, 0.1) is 16.6 Å². The van der Waals surface area contributed by atoms with E-state index in [2.05, 4.69) is 34.9 Å². The van der Waals surface area contributed by atoms with Gasteiger partial charge in [0.15, 0.2) is 0 Å². The maximum atomic E-state index is 11.0. The molecule has 6 heteroatoms. The quantitative estimate of drug-likeness (QED) is 0.346. The summed E-state index contributed by atoms with van der Waals surface area (Å²) >= 11 is 0. The van der Waals surface area contributed by atoms with E-state index in [1.165, 1.54) is 12.1 Å². The van der Waals surface area contributed by atoms with Crippen molar-refractivity contribution < 1.29 is 4.92 Å². The first-order chi connectivity index (χ1) is 13.8. The number of nitriles is 1. The van der Waals surface area contributed by atoms with Crippen molar-refractivity contribution in [3.8, 4) is 11.8 Å². The molecule has 0 atom stereocenters. The average molecular weight is 386 g/mol. The highest BCUT2D eigenvalue weighted by Gasteiger charge is 2.13. The van der Waals surface area contributed by atoms with Crippen LogP contribution in [-0.4, -0.2) is 23.6 Å². The first-order valence-corrected chi connectivity index (χ1v) is 9.15. The minimum absolute atomic E-state index is 0.0323.